The van der Waals surface area contributed by atoms with Crippen LogP contribution in [0, 0.1) is 5.82 Å². The van der Waals surface area contributed by atoms with E-state index in [4.69, 9.17) is 16.3 Å². The predicted molar refractivity (Wildman–Crippen MR) is 99.4 cm³/mol. The highest BCUT2D eigenvalue weighted by molar-refractivity contribution is 7.87. The second-order valence-electron chi connectivity index (χ2n) is 7.24. The first-order valence-corrected chi connectivity index (χ1v) is 10.7. The van der Waals surface area contributed by atoms with Crippen LogP contribution in [0.15, 0.2) is 18.2 Å². The third-order valence-corrected chi connectivity index (χ3v) is 6.90. The molecule has 0 bridgehead atoms. The van der Waals surface area contributed by atoms with Gasteiger partial charge in [-0.1, -0.05) is 23.7 Å². The van der Waals surface area contributed by atoms with Crippen LogP contribution >= 0.6 is 11.6 Å². The number of carbonyl (C=O) groups is 1. The van der Waals surface area contributed by atoms with Crippen LogP contribution < -0.4 is 4.72 Å². The number of hydrogen-bond donors (Lipinski definition) is 1. The van der Waals surface area contributed by atoms with Gasteiger partial charge in [0, 0.05) is 20.5 Å². The highest BCUT2D eigenvalue weighted by Gasteiger charge is 2.58. The summed E-state index contributed by atoms with van der Waals surface area (Å²) in [7, 11) is -1.87. The summed E-state index contributed by atoms with van der Waals surface area (Å²) >= 11 is 5.78. The van der Waals surface area contributed by atoms with E-state index in [0.29, 0.717) is 13.0 Å². The fourth-order valence-corrected chi connectivity index (χ4v) is 4.41. The highest BCUT2D eigenvalue weighted by atomic mass is 35.5. The average molecular weight is 456 g/mol. The number of rotatable bonds is 6. The van der Waals surface area contributed by atoms with Gasteiger partial charge in [-0.25, -0.2) is 13.2 Å². The van der Waals surface area contributed by atoms with Crippen LogP contribution in [-0.2, 0) is 26.2 Å². The molecule has 0 spiro atoms. The predicted octanol–water partition coefficient (Wildman–Crippen LogP) is 1.42. The van der Waals surface area contributed by atoms with Gasteiger partial charge in [-0.15, -0.1) is 0 Å². The smallest absolute Gasteiger partial charge is 0.283 e. The van der Waals surface area contributed by atoms with Crippen molar-refractivity contribution < 1.29 is 31.1 Å². The van der Waals surface area contributed by atoms with Crippen molar-refractivity contribution >= 4 is 27.7 Å². The monoisotopic (exact) mass is 455 g/mol. The van der Waals surface area contributed by atoms with E-state index in [1.54, 1.807) is 0 Å². The maximum absolute atomic E-state index is 14.8. The molecule has 1 amide bonds. The lowest BCUT2D eigenvalue weighted by molar-refractivity contribution is -0.158. The molecule has 1 aromatic rings. The van der Waals surface area contributed by atoms with Gasteiger partial charge in [-0.3, -0.25) is 4.79 Å². The molecular weight excluding hydrogens is 435 g/mol. The number of halogens is 4. The van der Waals surface area contributed by atoms with E-state index in [1.807, 2.05) is 4.72 Å². The molecule has 2 saturated heterocycles. The van der Waals surface area contributed by atoms with E-state index in [9.17, 15) is 26.4 Å². The molecule has 0 radical (unpaired) electrons. The van der Waals surface area contributed by atoms with Gasteiger partial charge in [0.05, 0.1) is 24.2 Å². The third kappa shape index (κ3) is 4.38. The molecule has 1 aromatic carbocycles. The maximum Gasteiger partial charge on any atom is 0.283 e. The molecule has 2 aliphatic heterocycles. The van der Waals surface area contributed by atoms with Crippen molar-refractivity contribution in [1.82, 2.24) is 13.9 Å². The Labute approximate surface area is 171 Å². The van der Waals surface area contributed by atoms with Crippen molar-refractivity contribution in [3.8, 4) is 0 Å². The third-order valence-electron chi connectivity index (χ3n) is 5.10. The Balaban J connectivity index is 1.98. The maximum atomic E-state index is 14.8. The number of benzene rings is 1. The Morgan fingerprint density at radius 2 is 2.07 bits per heavy atom. The molecule has 0 saturated carbocycles. The fourth-order valence-electron chi connectivity index (χ4n) is 3.35. The number of nitrogens with one attached hydrogen (secondary N) is 1. The van der Waals surface area contributed by atoms with E-state index >= 15 is 0 Å². The Morgan fingerprint density at radius 3 is 2.62 bits per heavy atom. The zero-order valence-electron chi connectivity index (χ0n) is 15.7. The second-order valence-corrected chi connectivity index (χ2v) is 9.57. The number of amides is 1. The Hall–Kier alpha value is -1.40. The minimum absolute atomic E-state index is 0.00146. The normalized spacial score (nSPS) is 26.6. The van der Waals surface area contributed by atoms with Gasteiger partial charge >= 0.3 is 0 Å². The summed E-state index contributed by atoms with van der Waals surface area (Å²) in [4.78, 5) is 13.6. The molecule has 12 heteroatoms. The summed E-state index contributed by atoms with van der Waals surface area (Å²) in [6, 6.07) is 0.842. The molecule has 0 unspecified atom stereocenters. The molecule has 29 heavy (non-hydrogen) atoms. The van der Waals surface area contributed by atoms with Crippen molar-refractivity contribution in [2.75, 3.05) is 27.2 Å². The van der Waals surface area contributed by atoms with Crippen LogP contribution in [0.25, 0.3) is 0 Å². The van der Waals surface area contributed by atoms with Gasteiger partial charge < -0.3 is 9.64 Å². The van der Waals surface area contributed by atoms with E-state index in [1.165, 1.54) is 32.3 Å². The summed E-state index contributed by atoms with van der Waals surface area (Å²) in [5.74, 6) is -5.04. The first kappa shape index (κ1) is 22.3. The van der Waals surface area contributed by atoms with Crippen molar-refractivity contribution in [1.29, 1.82) is 0 Å². The summed E-state index contributed by atoms with van der Waals surface area (Å²) in [5.41, 5.74) is 0.00146. The Kier molecular flexibility index (Phi) is 6.17. The van der Waals surface area contributed by atoms with E-state index in [2.05, 4.69) is 0 Å². The zero-order chi connectivity index (χ0) is 21.6. The van der Waals surface area contributed by atoms with Gasteiger partial charge in [0.25, 0.3) is 22.0 Å². The van der Waals surface area contributed by atoms with Gasteiger partial charge in [0.2, 0.25) is 0 Å². The molecule has 162 valence electrons. The Morgan fingerprint density at radius 1 is 1.41 bits per heavy atom. The summed E-state index contributed by atoms with van der Waals surface area (Å²) in [5, 5.41) is -0.196. The SMILES string of the molecule is CN(C)S(=O)(=O)N[C@@H]1[C@H](Cc2cccc(Cl)c2F)N(C(=O)[C@H]2CCO2)CC1(F)F. The first-order chi connectivity index (χ1) is 13.4. The highest BCUT2D eigenvalue weighted by Crippen LogP contribution is 2.37. The van der Waals surface area contributed by atoms with Crippen molar-refractivity contribution in [2.24, 2.45) is 0 Å². The number of nitrogens with zero attached hydrogens (tertiary/aromatic N) is 2. The number of carbonyl (C=O) groups excluding carboxylic acids is 1. The molecule has 3 atom stereocenters. The standard InChI is InChI=1S/C17H21ClF3N3O4S/c1-23(2)29(26,27)22-15-12(8-10-4-3-5-11(18)14(10)19)24(9-17(15,20)21)16(25)13-6-7-28-13/h3-5,12-13,15,22H,6-9H2,1-2H3/t12-,13+,15+/m0/s1. The minimum Gasteiger partial charge on any atom is -0.368 e. The molecular formula is C17H21ClF3N3O4S. The van der Waals surface area contributed by atoms with E-state index in [-0.39, 0.29) is 17.0 Å². The van der Waals surface area contributed by atoms with Crippen LogP contribution in [0.2, 0.25) is 5.02 Å². The minimum atomic E-state index is -4.24. The lowest BCUT2D eigenvalue weighted by Crippen LogP contribution is -2.55. The van der Waals surface area contributed by atoms with Gasteiger partial charge in [-0.05, 0) is 18.1 Å². The summed E-state index contributed by atoms with van der Waals surface area (Å²) < 4.78 is 76.4. The number of likely N-dealkylation sites (tertiary alicyclic amines) is 1. The number of hydrogen-bond acceptors (Lipinski definition) is 4. The summed E-state index contributed by atoms with van der Waals surface area (Å²) in [6.07, 6.45) is -0.824. The lowest BCUT2D eigenvalue weighted by Gasteiger charge is -2.34. The average Bonchev–Trinajstić information content (AvgIpc) is 2.81. The quantitative estimate of drug-likeness (QED) is 0.703. The molecule has 0 aliphatic carbocycles. The van der Waals surface area contributed by atoms with Crippen molar-refractivity contribution in [2.45, 2.75) is 37.0 Å². The van der Waals surface area contributed by atoms with Gasteiger partial charge in [-0.2, -0.15) is 17.4 Å². The van der Waals surface area contributed by atoms with Crippen LogP contribution in [0.5, 0.6) is 0 Å². The molecule has 0 aromatic heterocycles. The zero-order valence-corrected chi connectivity index (χ0v) is 17.3. The van der Waals surface area contributed by atoms with Crippen LogP contribution in [0.4, 0.5) is 13.2 Å². The second kappa shape index (κ2) is 8.03. The molecule has 2 aliphatic rings. The molecule has 1 N–H and O–H groups in total. The van der Waals surface area contributed by atoms with Crippen LogP contribution in [0.3, 0.4) is 0 Å². The summed E-state index contributed by atoms with van der Waals surface area (Å²) in [6.45, 7) is -0.663. The van der Waals surface area contributed by atoms with Crippen LogP contribution in [-0.4, -0.2) is 74.9 Å². The van der Waals surface area contributed by atoms with Crippen LogP contribution in [0.1, 0.15) is 12.0 Å². The van der Waals surface area contributed by atoms with Gasteiger partial charge in [0.1, 0.15) is 18.0 Å². The Bertz CT molecular complexity index is 896. The number of alkyl halides is 2. The molecule has 2 fully saturated rings. The molecule has 2 heterocycles. The number of ether oxygens (including phenoxy) is 1. The van der Waals surface area contributed by atoms with Gasteiger partial charge in [0.15, 0.2) is 0 Å². The van der Waals surface area contributed by atoms with E-state index < -0.39 is 52.6 Å². The van der Waals surface area contributed by atoms with Crippen molar-refractivity contribution in [3.63, 3.8) is 0 Å². The fraction of sp³-hybridized carbons (Fsp3) is 0.588. The molecule has 3 rings (SSSR count). The van der Waals surface area contributed by atoms with E-state index in [0.717, 1.165) is 9.21 Å². The van der Waals surface area contributed by atoms with Crippen molar-refractivity contribution in [3.05, 3.63) is 34.6 Å². The molecule has 7 nitrogen and oxygen atoms in total. The lowest BCUT2D eigenvalue weighted by atomic mass is 9.98. The first-order valence-electron chi connectivity index (χ1n) is 8.86. The topological polar surface area (TPSA) is 79.0 Å². The largest absolute Gasteiger partial charge is 0.368 e.